The summed E-state index contributed by atoms with van der Waals surface area (Å²) in [5.74, 6) is -2.38. The van der Waals surface area contributed by atoms with Gasteiger partial charge < -0.3 is 15.9 Å². The lowest BCUT2D eigenvalue weighted by molar-refractivity contribution is 0.0974. The summed E-state index contributed by atoms with van der Waals surface area (Å²) in [6.45, 7) is 0. The van der Waals surface area contributed by atoms with Crippen LogP contribution in [0, 0.1) is 0 Å². The lowest BCUT2D eigenvalue weighted by Gasteiger charge is -2.16. The van der Waals surface area contributed by atoms with E-state index in [2.05, 4.69) is 0 Å². The molecule has 0 radical (unpaired) electrons. The van der Waals surface area contributed by atoms with Gasteiger partial charge in [-0.15, -0.1) is 0 Å². The van der Waals surface area contributed by atoms with Gasteiger partial charge in [0.1, 0.15) is 22.2 Å². The maximum Gasteiger partial charge on any atom is 0.214 e. The van der Waals surface area contributed by atoms with Crippen molar-refractivity contribution >= 4 is 23.2 Å². The second-order valence-corrected chi connectivity index (χ2v) is 3.62. The molecule has 0 unspecified atom stereocenters. The van der Waals surface area contributed by atoms with Crippen LogP contribution in [0.3, 0.4) is 0 Å². The molecule has 1 aromatic rings. The standard InChI is InChI=1S/C10H6ClNO4/c11-7-8(12)10(16)6-4(14)2-1-3(13)5(6)9(7)15/h1-2,13-14H,12H2. The minimum Gasteiger partial charge on any atom is -0.507 e. The van der Waals surface area contributed by atoms with E-state index in [0.717, 1.165) is 12.1 Å². The molecule has 0 amide bonds. The van der Waals surface area contributed by atoms with E-state index < -0.39 is 33.8 Å². The van der Waals surface area contributed by atoms with E-state index in [4.69, 9.17) is 17.3 Å². The van der Waals surface area contributed by atoms with Crippen LogP contribution in [0.5, 0.6) is 11.5 Å². The van der Waals surface area contributed by atoms with Crippen molar-refractivity contribution in [2.45, 2.75) is 0 Å². The third-order valence-corrected chi connectivity index (χ3v) is 2.67. The average Bonchev–Trinajstić information content (AvgIpc) is 2.26. The smallest absolute Gasteiger partial charge is 0.214 e. The predicted octanol–water partition coefficient (Wildman–Crippen LogP) is 0.886. The molecule has 1 aliphatic carbocycles. The first kappa shape index (κ1) is 10.5. The predicted molar refractivity (Wildman–Crippen MR) is 55.5 cm³/mol. The van der Waals surface area contributed by atoms with Crippen molar-refractivity contribution in [3.05, 3.63) is 34.0 Å². The Morgan fingerprint density at radius 2 is 1.44 bits per heavy atom. The van der Waals surface area contributed by atoms with E-state index in [1.54, 1.807) is 0 Å². The molecule has 0 aromatic heterocycles. The van der Waals surface area contributed by atoms with Gasteiger partial charge in [-0.1, -0.05) is 11.6 Å². The Labute approximate surface area is 94.8 Å². The van der Waals surface area contributed by atoms with Crippen LogP contribution in [0.1, 0.15) is 20.7 Å². The Bertz CT molecular complexity index is 513. The fourth-order valence-corrected chi connectivity index (χ4v) is 1.69. The number of aromatic hydroxyl groups is 2. The highest BCUT2D eigenvalue weighted by Crippen LogP contribution is 2.36. The number of hydrogen-bond donors (Lipinski definition) is 3. The zero-order valence-corrected chi connectivity index (χ0v) is 8.58. The molecule has 0 saturated carbocycles. The summed E-state index contributed by atoms with van der Waals surface area (Å²) < 4.78 is 0. The van der Waals surface area contributed by atoms with E-state index in [0.29, 0.717) is 0 Å². The number of benzene rings is 1. The van der Waals surface area contributed by atoms with Gasteiger partial charge in [-0.25, -0.2) is 0 Å². The Morgan fingerprint density at radius 3 is 1.94 bits per heavy atom. The molecule has 6 heteroatoms. The van der Waals surface area contributed by atoms with Crippen molar-refractivity contribution in [1.29, 1.82) is 0 Å². The minimum atomic E-state index is -0.776. The number of phenols is 2. The number of rotatable bonds is 0. The lowest BCUT2D eigenvalue weighted by Crippen LogP contribution is -2.24. The maximum atomic E-state index is 11.7. The van der Waals surface area contributed by atoms with Gasteiger partial charge in [-0.05, 0) is 12.1 Å². The molecule has 0 atom stereocenters. The van der Waals surface area contributed by atoms with Crippen molar-refractivity contribution in [2.24, 2.45) is 5.73 Å². The first-order chi connectivity index (χ1) is 7.45. The van der Waals surface area contributed by atoms with Crippen LogP contribution in [-0.4, -0.2) is 21.8 Å². The van der Waals surface area contributed by atoms with Crippen molar-refractivity contribution in [1.82, 2.24) is 0 Å². The monoisotopic (exact) mass is 239 g/mol. The Morgan fingerprint density at radius 1 is 1.00 bits per heavy atom. The Hall–Kier alpha value is -2.01. The van der Waals surface area contributed by atoms with E-state index >= 15 is 0 Å². The van der Waals surface area contributed by atoms with Gasteiger partial charge in [-0.3, -0.25) is 9.59 Å². The topological polar surface area (TPSA) is 101 Å². The molecule has 2 rings (SSSR count). The SMILES string of the molecule is NC1=C(Cl)C(=O)c2c(O)ccc(O)c2C1=O. The molecule has 0 saturated heterocycles. The van der Waals surface area contributed by atoms with Crippen LogP contribution < -0.4 is 5.73 Å². The van der Waals surface area contributed by atoms with Crippen LogP contribution in [0.4, 0.5) is 0 Å². The molecular formula is C10H6ClNO4. The summed E-state index contributed by atoms with van der Waals surface area (Å²) >= 11 is 5.56. The molecule has 1 aromatic carbocycles. The van der Waals surface area contributed by atoms with Crippen LogP contribution in [-0.2, 0) is 0 Å². The largest absolute Gasteiger partial charge is 0.507 e. The van der Waals surface area contributed by atoms with Crippen molar-refractivity contribution < 1.29 is 19.8 Å². The van der Waals surface area contributed by atoms with Gasteiger partial charge in [-0.2, -0.15) is 0 Å². The summed E-state index contributed by atoms with van der Waals surface area (Å²) in [6, 6.07) is 2.21. The second-order valence-electron chi connectivity index (χ2n) is 3.24. The van der Waals surface area contributed by atoms with E-state index in [-0.39, 0.29) is 11.1 Å². The number of allylic oxidation sites excluding steroid dienone is 2. The summed E-state index contributed by atoms with van der Waals surface area (Å²) in [5.41, 5.74) is 4.27. The number of Topliss-reactive ketones (excluding diaryl/α,β-unsaturated/α-hetero) is 2. The molecular weight excluding hydrogens is 234 g/mol. The van der Waals surface area contributed by atoms with Crippen LogP contribution in [0.25, 0.3) is 0 Å². The number of hydrogen-bond acceptors (Lipinski definition) is 5. The van der Waals surface area contributed by atoms with Crippen LogP contribution in [0.15, 0.2) is 22.9 Å². The quantitative estimate of drug-likeness (QED) is 0.584. The number of fused-ring (bicyclic) bond motifs is 1. The van der Waals surface area contributed by atoms with Gasteiger partial charge in [0.05, 0.1) is 11.1 Å². The van der Waals surface area contributed by atoms with E-state index in [9.17, 15) is 19.8 Å². The Kier molecular flexibility index (Phi) is 2.13. The number of nitrogens with two attached hydrogens (primary N) is 1. The van der Waals surface area contributed by atoms with Crippen molar-refractivity contribution in [3.63, 3.8) is 0 Å². The first-order valence-corrected chi connectivity index (χ1v) is 4.62. The van der Waals surface area contributed by atoms with Crippen LogP contribution in [0.2, 0.25) is 0 Å². The van der Waals surface area contributed by atoms with Gasteiger partial charge in [0, 0.05) is 0 Å². The van der Waals surface area contributed by atoms with Gasteiger partial charge >= 0.3 is 0 Å². The molecule has 0 fully saturated rings. The molecule has 1 aliphatic rings. The third kappa shape index (κ3) is 1.18. The zero-order chi connectivity index (χ0) is 12.0. The molecule has 82 valence electrons. The number of ketones is 2. The molecule has 0 aliphatic heterocycles. The summed E-state index contributed by atoms with van der Waals surface area (Å²) in [6.07, 6.45) is 0. The van der Waals surface area contributed by atoms with E-state index in [1.807, 2.05) is 0 Å². The average molecular weight is 240 g/mol. The highest BCUT2D eigenvalue weighted by molar-refractivity contribution is 6.50. The van der Waals surface area contributed by atoms with Crippen molar-refractivity contribution in [3.8, 4) is 11.5 Å². The van der Waals surface area contributed by atoms with Gasteiger partial charge in [0.15, 0.2) is 0 Å². The normalized spacial score (nSPS) is 15.3. The third-order valence-electron chi connectivity index (χ3n) is 2.30. The molecule has 4 N–H and O–H groups in total. The fraction of sp³-hybridized carbons (Fsp3) is 0. The first-order valence-electron chi connectivity index (χ1n) is 4.24. The molecule has 0 spiro atoms. The Balaban J connectivity index is 2.86. The minimum absolute atomic E-state index is 0.313. The second kappa shape index (κ2) is 3.24. The summed E-state index contributed by atoms with van der Waals surface area (Å²) in [4.78, 5) is 23.3. The van der Waals surface area contributed by atoms with Crippen LogP contribution >= 0.6 is 11.6 Å². The highest BCUT2D eigenvalue weighted by Gasteiger charge is 2.34. The number of halogens is 1. The molecule has 0 bridgehead atoms. The summed E-state index contributed by atoms with van der Waals surface area (Å²) in [7, 11) is 0. The van der Waals surface area contributed by atoms with Gasteiger partial charge in [0.25, 0.3) is 0 Å². The van der Waals surface area contributed by atoms with Gasteiger partial charge in [0.2, 0.25) is 11.6 Å². The maximum absolute atomic E-state index is 11.7. The summed E-state index contributed by atoms with van der Waals surface area (Å²) in [5, 5.41) is 18.5. The molecule has 0 heterocycles. The van der Waals surface area contributed by atoms with Crippen molar-refractivity contribution in [2.75, 3.05) is 0 Å². The van der Waals surface area contributed by atoms with E-state index in [1.165, 1.54) is 0 Å². The number of carbonyl (C=O) groups excluding carboxylic acids is 2. The fourth-order valence-electron chi connectivity index (χ4n) is 1.51. The highest BCUT2D eigenvalue weighted by atomic mass is 35.5. The lowest BCUT2D eigenvalue weighted by atomic mass is 9.91. The number of carbonyl (C=O) groups is 2. The number of phenolic OH excluding ortho intramolecular Hbond substituents is 2. The molecule has 5 nitrogen and oxygen atoms in total. The molecule has 16 heavy (non-hydrogen) atoms. The zero-order valence-electron chi connectivity index (χ0n) is 7.82.